The summed E-state index contributed by atoms with van der Waals surface area (Å²) in [5, 5.41) is 13.8. The van der Waals surface area contributed by atoms with E-state index in [1.165, 1.54) is 37.3 Å². The van der Waals surface area contributed by atoms with Crippen LogP contribution in [0.2, 0.25) is 0 Å². The number of nitro benzene ring substituents is 1. The Balaban J connectivity index is 2.41. The Bertz CT molecular complexity index is 683. The van der Waals surface area contributed by atoms with Crippen LogP contribution in [0.4, 0.5) is 5.69 Å². The van der Waals surface area contributed by atoms with E-state index in [1.54, 1.807) is 13.0 Å². The van der Waals surface area contributed by atoms with E-state index in [1.807, 2.05) is 0 Å². The number of ether oxygens (including phenoxy) is 1. The highest BCUT2D eigenvalue weighted by Crippen LogP contribution is 2.27. The van der Waals surface area contributed by atoms with Gasteiger partial charge in [0.05, 0.1) is 12.0 Å². The minimum atomic E-state index is -0.793. The summed E-state index contributed by atoms with van der Waals surface area (Å²) in [4.78, 5) is 35.7. The Morgan fingerprint density at radius 1 is 1.45 bits per heavy atom. The number of nitrogens with zero attached hydrogens (tertiary/aromatic N) is 2. The molecule has 1 atom stereocenters. The summed E-state index contributed by atoms with van der Waals surface area (Å²) in [5.74, 6) is -1.02. The van der Waals surface area contributed by atoms with Crippen LogP contribution in [0.3, 0.4) is 0 Å². The smallest absolute Gasteiger partial charge is 0.356 e. The third-order valence-electron chi connectivity index (χ3n) is 3.42. The number of nitro groups is 1. The molecular formula is C14H15N3O5. The van der Waals surface area contributed by atoms with Gasteiger partial charge in [0, 0.05) is 24.9 Å². The van der Waals surface area contributed by atoms with E-state index < -0.39 is 22.8 Å². The maximum atomic E-state index is 12.4. The highest BCUT2D eigenvalue weighted by molar-refractivity contribution is 5.97. The molecule has 0 aliphatic carbocycles. The van der Waals surface area contributed by atoms with Gasteiger partial charge in [-0.1, -0.05) is 12.1 Å². The Morgan fingerprint density at radius 2 is 2.14 bits per heavy atom. The second-order valence-electron chi connectivity index (χ2n) is 4.79. The zero-order valence-electron chi connectivity index (χ0n) is 12.3. The first-order valence-electron chi connectivity index (χ1n) is 6.44. The summed E-state index contributed by atoms with van der Waals surface area (Å²) in [7, 11) is 2.69. The lowest BCUT2D eigenvalue weighted by molar-refractivity contribution is -0.384. The van der Waals surface area contributed by atoms with Crippen molar-refractivity contribution in [1.29, 1.82) is 0 Å². The second-order valence-corrected chi connectivity index (χ2v) is 4.79. The maximum absolute atomic E-state index is 12.4. The van der Waals surface area contributed by atoms with Crippen LogP contribution < -0.4 is 5.32 Å². The standard InChI is InChI=1S/C14H15N3O5/c1-8-12(14(19)22-3)16(2)13(18)11(15-8)9-5-4-6-10(7-9)17(20)21/h4-7,11,15H,1-3H3. The summed E-state index contributed by atoms with van der Waals surface area (Å²) in [6.45, 7) is 1.64. The highest BCUT2D eigenvalue weighted by atomic mass is 16.6. The summed E-state index contributed by atoms with van der Waals surface area (Å²) < 4.78 is 4.65. The average Bonchev–Trinajstić information content (AvgIpc) is 2.50. The van der Waals surface area contributed by atoms with Gasteiger partial charge in [-0.05, 0) is 12.5 Å². The Labute approximate surface area is 126 Å². The first-order valence-corrected chi connectivity index (χ1v) is 6.44. The molecule has 116 valence electrons. The quantitative estimate of drug-likeness (QED) is 0.510. The SMILES string of the molecule is COC(=O)C1=C(C)NC(c2cccc([N+](=O)[O-])c2)C(=O)N1C. The van der Waals surface area contributed by atoms with Crippen LogP contribution in [0, 0.1) is 10.1 Å². The molecule has 1 amide bonds. The first kappa shape index (κ1) is 15.5. The first-order chi connectivity index (χ1) is 10.4. The summed E-state index contributed by atoms with van der Waals surface area (Å²) in [6, 6.07) is 5.02. The minimum Gasteiger partial charge on any atom is -0.464 e. The normalized spacial score (nSPS) is 18.0. The molecule has 1 unspecified atom stereocenters. The lowest BCUT2D eigenvalue weighted by atomic mass is 10.0. The van der Waals surface area contributed by atoms with Crippen LogP contribution in [-0.2, 0) is 14.3 Å². The molecule has 1 aliphatic heterocycles. The van der Waals surface area contributed by atoms with E-state index in [9.17, 15) is 19.7 Å². The van der Waals surface area contributed by atoms with Gasteiger partial charge in [-0.2, -0.15) is 0 Å². The molecule has 1 aliphatic rings. The van der Waals surface area contributed by atoms with Crippen LogP contribution in [-0.4, -0.2) is 35.9 Å². The molecule has 1 aromatic rings. The number of amides is 1. The van der Waals surface area contributed by atoms with Gasteiger partial charge in [0.15, 0.2) is 0 Å². The third kappa shape index (κ3) is 2.62. The number of non-ortho nitro benzene ring substituents is 1. The fraction of sp³-hybridized carbons (Fsp3) is 0.286. The van der Waals surface area contributed by atoms with E-state index >= 15 is 0 Å². The Kier molecular flexibility index (Phi) is 4.11. The third-order valence-corrected chi connectivity index (χ3v) is 3.42. The molecule has 0 saturated carbocycles. The van der Waals surface area contributed by atoms with E-state index in [4.69, 9.17) is 0 Å². The molecule has 1 aromatic carbocycles. The number of benzene rings is 1. The van der Waals surface area contributed by atoms with Gasteiger partial charge < -0.3 is 15.0 Å². The molecule has 0 bridgehead atoms. The second kappa shape index (κ2) is 5.84. The fourth-order valence-electron chi connectivity index (χ4n) is 2.33. The van der Waals surface area contributed by atoms with Gasteiger partial charge in [-0.25, -0.2) is 4.79 Å². The van der Waals surface area contributed by atoms with Crippen molar-refractivity contribution in [2.24, 2.45) is 0 Å². The topological polar surface area (TPSA) is 102 Å². The number of esters is 1. The van der Waals surface area contributed by atoms with Gasteiger partial charge in [0.1, 0.15) is 11.7 Å². The molecule has 1 N–H and O–H groups in total. The van der Waals surface area contributed by atoms with Crippen LogP contribution in [0.1, 0.15) is 18.5 Å². The predicted octanol–water partition coefficient (Wildman–Crippen LogP) is 1.10. The van der Waals surface area contributed by atoms with Crippen LogP contribution in [0.15, 0.2) is 35.7 Å². The summed E-state index contributed by atoms with van der Waals surface area (Å²) in [6.07, 6.45) is 0. The molecule has 0 fully saturated rings. The monoisotopic (exact) mass is 305 g/mol. The van der Waals surface area contributed by atoms with Crippen molar-refractivity contribution < 1.29 is 19.2 Å². The van der Waals surface area contributed by atoms with Crippen LogP contribution in [0.25, 0.3) is 0 Å². The number of rotatable bonds is 3. The number of carbonyl (C=O) groups is 2. The number of hydrogen-bond acceptors (Lipinski definition) is 6. The minimum absolute atomic E-state index is 0.102. The van der Waals surface area contributed by atoms with Crippen molar-refractivity contribution in [3.63, 3.8) is 0 Å². The molecule has 0 aromatic heterocycles. The van der Waals surface area contributed by atoms with Gasteiger partial charge in [0.2, 0.25) is 0 Å². The molecular weight excluding hydrogens is 290 g/mol. The van der Waals surface area contributed by atoms with Crippen LogP contribution >= 0.6 is 0 Å². The van der Waals surface area contributed by atoms with Crippen molar-refractivity contribution in [1.82, 2.24) is 10.2 Å². The Morgan fingerprint density at radius 3 is 2.73 bits per heavy atom. The number of carbonyl (C=O) groups excluding carboxylic acids is 2. The van der Waals surface area contributed by atoms with E-state index in [0.29, 0.717) is 11.3 Å². The van der Waals surface area contributed by atoms with Gasteiger partial charge >= 0.3 is 5.97 Å². The largest absolute Gasteiger partial charge is 0.464 e. The van der Waals surface area contributed by atoms with E-state index in [2.05, 4.69) is 10.1 Å². The molecule has 0 saturated heterocycles. The predicted molar refractivity (Wildman–Crippen MR) is 76.5 cm³/mol. The number of allylic oxidation sites excluding steroid dienone is 1. The van der Waals surface area contributed by atoms with Gasteiger partial charge in [-0.3, -0.25) is 14.9 Å². The molecule has 0 radical (unpaired) electrons. The summed E-state index contributed by atoms with van der Waals surface area (Å²) >= 11 is 0. The number of hydrogen-bond donors (Lipinski definition) is 1. The van der Waals surface area contributed by atoms with Crippen molar-refractivity contribution in [3.05, 3.63) is 51.3 Å². The molecule has 2 rings (SSSR count). The van der Waals surface area contributed by atoms with Gasteiger partial charge in [-0.15, -0.1) is 0 Å². The van der Waals surface area contributed by atoms with Gasteiger partial charge in [0.25, 0.3) is 11.6 Å². The molecule has 0 spiro atoms. The van der Waals surface area contributed by atoms with E-state index in [0.717, 1.165) is 0 Å². The average molecular weight is 305 g/mol. The van der Waals surface area contributed by atoms with Crippen molar-refractivity contribution in [3.8, 4) is 0 Å². The number of methoxy groups -OCH3 is 1. The zero-order valence-corrected chi connectivity index (χ0v) is 12.3. The fourth-order valence-corrected chi connectivity index (χ4v) is 2.33. The van der Waals surface area contributed by atoms with Crippen LogP contribution in [0.5, 0.6) is 0 Å². The maximum Gasteiger partial charge on any atom is 0.356 e. The van der Waals surface area contributed by atoms with Crippen molar-refractivity contribution in [2.45, 2.75) is 13.0 Å². The molecule has 8 heteroatoms. The van der Waals surface area contributed by atoms with E-state index in [-0.39, 0.29) is 11.4 Å². The lowest BCUT2D eigenvalue weighted by Gasteiger charge is -2.33. The number of likely N-dealkylation sites (N-methyl/N-ethyl adjacent to an activating group) is 1. The zero-order chi connectivity index (χ0) is 16.4. The highest BCUT2D eigenvalue weighted by Gasteiger charge is 2.35. The van der Waals surface area contributed by atoms with Crippen molar-refractivity contribution in [2.75, 3.05) is 14.2 Å². The number of nitrogens with one attached hydrogen (secondary N) is 1. The molecule has 8 nitrogen and oxygen atoms in total. The lowest BCUT2D eigenvalue weighted by Crippen LogP contribution is -2.46. The summed E-state index contributed by atoms with van der Waals surface area (Å²) in [5.41, 5.74) is 0.934. The Hall–Kier alpha value is -2.90. The molecule has 1 heterocycles. The molecule has 22 heavy (non-hydrogen) atoms. The van der Waals surface area contributed by atoms with Crippen molar-refractivity contribution >= 4 is 17.6 Å².